The highest BCUT2D eigenvalue weighted by Gasteiger charge is 2.17. The third-order valence-corrected chi connectivity index (χ3v) is 4.82. The standard InChI is InChI=1S/C18H16N2OS/c1-9-7-13(18-14(8-9)19-11(3)21-18)16-10(2)5-6-15-17(16)20-12(4)22-15/h5-8H,1-4H3. The van der Waals surface area contributed by atoms with Crippen molar-refractivity contribution in [2.24, 2.45) is 0 Å². The van der Waals surface area contributed by atoms with Crippen LogP contribution in [0, 0.1) is 27.7 Å². The van der Waals surface area contributed by atoms with Crippen molar-refractivity contribution in [1.82, 2.24) is 9.97 Å². The lowest BCUT2D eigenvalue weighted by Crippen LogP contribution is -1.88. The molecule has 0 radical (unpaired) electrons. The Morgan fingerprint density at radius 1 is 1.00 bits per heavy atom. The number of fused-ring (bicyclic) bond motifs is 2. The average Bonchev–Trinajstić information content (AvgIpc) is 2.99. The van der Waals surface area contributed by atoms with E-state index in [1.807, 2.05) is 13.8 Å². The van der Waals surface area contributed by atoms with Crippen LogP contribution in [0.3, 0.4) is 0 Å². The Balaban J connectivity index is 2.17. The first-order valence-corrected chi connectivity index (χ1v) is 8.09. The number of nitrogens with zero attached hydrogens (tertiary/aromatic N) is 2. The van der Waals surface area contributed by atoms with Crippen LogP contribution >= 0.6 is 11.3 Å². The fraction of sp³-hybridized carbons (Fsp3) is 0.222. The molecule has 2 aromatic carbocycles. The fourth-order valence-electron chi connectivity index (χ4n) is 3.02. The van der Waals surface area contributed by atoms with Crippen molar-refractivity contribution in [2.45, 2.75) is 27.7 Å². The molecule has 0 aliphatic carbocycles. The van der Waals surface area contributed by atoms with E-state index < -0.39 is 0 Å². The van der Waals surface area contributed by atoms with Crippen molar-refractivity contribution >= 4 is 32.7 Å². The van der Waals surface area contributed by atoms with E-state index in [9.17, 15) is 0 Å². The van der Waals surface area contributed by atoms with Gasteiger partial charge in [-0.25, -0.2) is 9.97 Å². The van der Waals surface area contributed by atoms with Crippen LogP contribution in [0.15, 0.2) is 28.7 Å². The molecule has 0 atom stereocenters. The maximum Gasteiger partial charge on any atom is 0.192 e. The van der Waals surface area contributed by atoms with Crippen LogP contribution in [0.4, 0.5) is 0 Å². The third-order valence-electron chi connectivity index (χ3n) is 3.89. The van der Waals surface area contributed by atoms with Gasteiger partial charge in [0.25, 0.3) is 0 Å². The zero-order valence-electron chi connectivity index (χ0n) is 13.0. The maximum absolute atomic E-state index is 5.88. The van der Waals surface area contributed by atoms with Gasteiger partial charge in [-0.3, -0.25) is 0 Å². The first-order valence-electron chi connectivity index (χ1n) is 7.28. The number of thiazole rings is 1. The minimum Gasteiger partial charge on any atom is -0.440 e. The molecule has 0 saturated carbocycles. The van der Waals surface area contributed by atoms with Crippen LogP contribution in [0.1, 0.15) is 22.0 Å². The summed E-state index contributed by atoms with van der Waals surface area (Å²) >= 11 is 1.73. The second-order valence-corrected chi connectivity index (χ2v) is 6.97. The molecule has 0 bridgehead atoms. The highest BCUT2D eigenvalue weighted by molar-refractivity contribution is 7.18. The van der Waals surface area contributed by atoms with E-state index in [1.54, 1.807) is 11.3 Å². The second-order valence-electron chi connectivity index (χ2n) is 5.73. The maximum atomic E-state index is 5.88. The lowest BCUT2D eigenvalue weighted by molar-refractivity contribution is 0.562. The number of benzene rings is 2. The van der Waals surface area contributed by atoms with Crippen LogP contribution < -0.4 is 0 Å². The predicted octanol–water partition coefficient (Wildman–Crippen LogP) is 5.34. The summed E-state index contributed by atoms with van der Waals surface area (Å²) in [5.74, 6) is 0.695. The molecular formula is C18H16N2OS. The number of aryl methyl sites for hydroxylation is 4. The van der Waals surface area contributed by atoms with E-state index in [0.717, 1.165) is 32.8 Å². The summed E-state index contributed by atoms with van der Waals surface area (Å²) in [6.45, 7) is 8.16. The van der Waals surface area contributed by atoms with Crippen LogP contribution in [0.5, 0.6) is 0 Å². The summed E-state index contributed by atoms with van der Waals surface area (Å²) in [6, 6.07) is 8.55. The summed E-state index contributed by atoms with van der Waals surface area (Å²) in [7, 11) is 0. The summed E-state index contributed by atoms with van der Waals surface area (Å²) in [5, 5.41) is 1.08. The van der Waals surface area contributed by atoms with Crippen LogP contribution in [-0.2, 0) is 0 Å². The van der Waals surface area contributed by atoms with Gasteiger partial charge in [-0.05, 0) is 50.1 Å². The predicted molar refractivity (Wildman–Crippen MR) is 91.6 cm³/mol. The molecule has 0 saturated heterocycles. The zero-order valence-corrected chi connectivity index (χ0v) is 13.8. The molecule has 3 nitrogen and oxygen atoms in total. The third kappa shape index (κ3) is 1.95. The summed E-state index contributed by atoms with van der Waals surface area (Å²) in [5.41, 5.74) is 7.46. The SMILES string of the molecule is Cc1cc(-c2c(C)ccc3sc(C)nc23)c2oc(C)nc2c1. The van der Waals surface area contributed by atoms with E-state index in [4.69, 9.17) is 9.40 Å². The van der Waals surface area contributed by atoms with Gasteiger partial charge in [0.15, 0.2) is 11.5 Å². The van der Waals surface area contributed by atoms with Gasteiger partial charge in [-0.2, -0.15) is 0 Å². The Kier molecular flexibility index (Phi) is 2.84. The van der Waals surface area contributed by atoms with E-state index in [0.29, 0.717) is 5.89 Å². The van der Waals surface area contributed by atoms with Crippen molar-refractivity contribution in [3.63, 3.8) is 0 Å². The molecule has 2 heterocycles. The molecule has 0 N–H and O–H groups in total. The number of oxazole rings is 1. The van der Waals surface area contributed by atoms with Gasteiger partial charge in [-0.1, -0.05) is 6.07 Å². The molecule has 4 aromatic rings. The van der Waals surface area contributed by atoms with Crippen molar-refractivity contribution in [3.05, 3.63) is 46.3 Å². The molecule has 2 aromatic heterocycles. The van der Waals surface area contributed by atoms with Gasteiger partial charge in [0, 0.05) is 18.1 Å². The van der Waals surface area contributed by atoms with E-state index in [2.05, 4.69) is 43.1 Å². The monoisotopic (exact) mass is 308 g/mol. The molecule has 110 valence electrons. The Bertz CT molecular complexity index is 1030. The highest BCUT2D eigenvalue weighted by Crippen LogP contribution is 2.38. The normalized spacial score (nSPS) is 11.6. The van der Waals surface area contributed by atoms with Crippen molar-refractivity contribution < 1.29 is 4.42 Å². The molecular weight excluding hydrogens is 292 g/mol. The van der Waals surface area contributed by atoms with Gasteiger partial charge in [0.1, 0.15) is 5.52 Å². The Hall–Kier alpha value is -2.20. The lowest BCUT2D eigenvalue weighted by Gasteiger charge is -2.08. The molecule has 0 fully saturated rings. The molecule has 0 aliphatic rings. The van der Waals surface area contributed by atoms with Gasteiger partial charge in [-0.15, -0.1) is 11.3 Å². The van der Waals surface area contributed by atoms with E-state index in [-0.39, 0.29) is 0 Å². The fourth-order valence-corrected chi connectivity index (χ4v) is 3.85. The number of hydrogen-bond acceptors (Lipinski definition) is 4. The summed E-state index contributed by atoms with van der Waals surface area (Å²) < 4.78 is 7.10. The first-order chi connectivity index (χ1) is 10.5. The van der Waals surface area contributed by atoms with Crippen LogP contribution in [0.25, 0.3) is 32.4 Å². The minimum absolute atomic E-state index is 0.695. The van der Waals surface area contributed by atoms with Crippen LogP contribution in [0.2, 0.25) is 0 Å². The van der Waals surface area contributed by atoms with Gasteiger partial charge < -0.3 is 4.42 Å². The van der Waals surface area contributed by atoms with Crippen molar-refractivity contribution in [1.29, 1.82) is 0 Å². The molecule has 0 amide bonds. The number of rotatable bonds is 1. The van der Waals surface area contributed by atoms with Crippen molar-refractivity contribution in [2.75, 3.05) is 0 Å². The Morgan fingerprint density at radius 3 is 2.64 bits per heavy atom. The quantitative estimate of drug-likeness (QED) is 0.476. The van der Waals surface area contributed by atoms with E-state index in [1.165, 1.54) is 15.8 Å². The van der Waals surface area contributed by atoms with E-state index >= 15 is 0 Å². The second kappa shape index (κ2) is 4.65. The molecule has 4 heteroatoms. The summed E-state index contributed by atoms with van der Waals surface area (Å²) in [6.07, 6.45) is 0. The smallest absolute Gasteiger partial charge is 0.192 e. The van der Waals surface area contributed by atoms with Gasteiger partial charge in [0.05, 0.1) is 15.2 Å². The van der Waals surface area contributed by atoms with Crippen LogP contribution in [-0.4, -0.2) is 9.97 Å². The largest absolute Gasteiger partial charge is 0.440 e. The number of aromatic nitrogens is 2. The first kappa shape index (κ1) is 13.5. The van der Waals surface area contributed by atoms with Gasteiger partial charge >= 0.3 is 0 Å². The molecule has 4 rings (SSSR count). The summed E-state index contributed by atoms with van der Waals surface area (Å²) in [4.78, 5) is 9.24. The molecule has 0 spiro atoms. The molecule has 0 unspecified atom stereocenters. The topological polar surface area (TPSA) is 38.9 Å². The Morgan fingerprint density at radius 2 is 1.82 bits per heavy atom. The Labute approximate surface area is 132 Å². The molecule has 22 heavy (non-hydrogen) atoms. The zero-order chi connectivity index (χ0) is 15.4. The lowest BCUT2D eigenvalue weighted by atomic mass is 9.97. The molecule has 0 aliphatic heterocycles. The van der Waals surface area contributed by atoms with Crippen molar-refractivity contribution in [3.8, 4) is 11.1 Å². The number of hydrogen-bond donors (Lipinski definition) is 0. The minimum atomic E-state index is 0.695. The van der Waals surface area contributed by atoms with Gasteiger partial charge in [0.2, 0.25) is 0 Å². The highest BCUT2D eigenvalue weighted by atomic mass is 32.1. The average molecular weight is 308 g/mol.